The van der Waals surface area contributed by atoms with E-state index < -0.39 is 0 Å². The van der Waals surface area contributed by atoms with Crippen LogP contribution in [0.5, 0.6) is 5.75 Å². The van der Waals surface area contributed by atoms with Crippen molar-refractivity contribution in [3.05, 3.63) is 71.8 Å². The van der Waals surface area contributed by atoms with Gasteiger partial charge in [-0.05, 0) is 93.7 Å². The van der Waals surface area contributed by atoms with Crippen molar-refractivity contribution >= 4 is 84.1 Å². The van der Waals surface area contributed by atoms with Gasteiger partial charge in [0.15, 0.2) is 5.58 Å². The van der Waals surface area contributed by atoms with Gasteiger partial charge in [0, 0.05) is 25.4 Å². The van der Waals surface area contributed by atoms with E-state index in [9.17, 15) is 5.11 Å². The predicted molar refractivity (Wildman–Crippen MR) is 128 cm³/mol. The van der Waals surface area contributed by atoms with E-state index in [2.05, 4.69) is 71.1 Å². The first-order chi connectivity index (χ1) is 13.0. The molecule has 0 amide bonds. The molecule has 1 N–H and O–H groups in total. The first-order valence-electron chi connectivity index (χ1n) is 7.88. The second kappa shape index (κ2) is 7.88. The Balaban J connectivity index is 1.68. The number of nitrogens with zero attached hydrogens (tertiary/aromatic N) is 2. The summed E-state index contributed by atoms with van der Waals surface area (Å²) in [4.78, 5) is 9.06. The van der Waals surface area contributed by atoms with Crippen LogP contribution in [0.1, 0.15) is 5.56 Å². The van der Waals surface area contributed by atoms with E-state index in [0.717, 1.165) is 28.4 Å². The molecule has 0 saturated carbocycles. The Morgan fingerprint density at radius 2 is 1.93 bits per heavy atom. The Bertz CT molecular complexity index is 1190. The molecule has 4 rings (SSSR count). The molecule has 0 aliphatic rings. The van der Waals surface area contributed by atoms with Crippen LogP contribution >= 0.6 is 61.1 Å². The van der Waals surface area contributed by atoms with E-state index >= 15 is 0 Å². The normalized spacial score (nSPS) is 11.5. The molecule has 3 aromatic carbocycles. The fourth-order valence-electron chi connectivity index (χ4n) is 2.57. The Labute approximate surface area is 191 Å². The molecule has 4 nitrogen and oxygen atoms in total. The number of phenolic OH excluding ortho intramolecular Hbond substituents is 1. The summed E-state index contributed by atoms with van der Waals surface area (Å²) in [6.07, 6.45) is 1.66. The van der Waals surface area contributed by atoms with Crippen LogP contribution in [-0.2, 0) is 0 Å². The highest BCUT2D eigenvalue weighted by atomic mass is 127. The first kappa shape index (κ1) is 18.9. The largest absolute Gasteiger partial charge is 0.506 e. The quantitative estimate of drug-likeness (QED) is 0.195. The van der Waals surface area contributed by atoms with Crippen LogP contribution in [0.25, 0.3) is 22.6 Å². The Kier molecular flexibility index (Phi) is 5.51. The topological polar surface area (TPSA) is 58.6 Å². The molecular formula is C20H11BrI2N2O2. The van der Waals surface area contributed by atoms with Gasteiger partial charge in [0.25, 0.3) is 0 Å². The minimum absolute atomic E-state index is 0.235. The van der Waals surface area contributed by atoms with E-state index in [4.69, 9.17) is 4.42 Å². The highest BCUT2D eigenvalue weighted by Crippen LogP contribution is 2.29. The second-order valence-corrected chi connectivity index (χ2v) is 9.09. The Morgan fingerprint density at radius 1 is 1.07 bits per heavy atom. The summed E-state index contributed by atoms with van der Waals surface area (Å²) in [6, 6.07) is 17.2. The number of oxazole rings is 1. The number of hydrogen-bond donors (Lipinski definition) is 1. The third kappa shape index (κ3) is 4.19. The molecule has 4 aromatic rings. The van der Waals surface area contributed by atoms with Gasteiger partial charge in [-0.3, -0.25) is 4.99 Å². The summed E-state index contributed by atoms with van der Waals surface area (Å²) in [6.45, 7) is 0. The van der Waals surface area contributed by atoms with Crippen LogP contribution in [0.2, 0.25) is 0 Å². The number of aliphatic imine (C=N–C) groups is 1. The molecule has 0 aliphatic heterocycles. The molecular weight excluding hydrogens is 634 g/mol. The summed E-state index contributed by atoms with van der Waals surface area (Å²) >= 11 is 7.79. The van der Waals surface area contributed by atoms with Crippen molar-refractivity contribution in [2.45, 2.75) is 0 Å². The van der Waals surface area contributed by atoms with E-state index in [-0.39, 0.29) is 5.75 Å². The molecule has 0 radical (unpaired) electrons. The maximum atomic E-state index is 10.2. The van der Waals surface area contributed by atoms with Gasteiger partial charge >= 0.3 is 0 Å². The summed E-state index contributed by atoms with van der Waals surface area (Å²) in [5, 5.41) is 10.2. The lowest BCUT2D eigenvalue weighted by Crippen LogP contribution is -1.87. The number of aromatic hydroxyl groups is 1. The molecule has 1 aromatic heterocycles. The van der Waals surface area contributed by atoms with Gasteiger partial charge in [-0.2, -0.15) is 0 Å². The molecule has 134 valence electrons. The lowest BCUT2D eigenvalue weighted by Gasteiger charge is -2.02. The molecule has 0 bridgehead atoms. The number of aromatic nitrogens is 1. The second-order valence-electron chi connectivity index (χ2n) is 5.77. The van der Waals surface area contributed by atoms with Gasteiger partial charge in [-0.1, -0.05) is 22.0 Å². The summed E-state index contributed by atoms with van der Waals surface area (Å²) in [5.74, 6) is 0.802. The van der Waals surface area contributed by atoms with E-state index in [0.29, 0.717) is 17.0 Å². The molecule has 0 atom stereocenters. The van der Waals surface area contributed by atoms with Crippen molar-refractivity contribution in [1.29, 1.82) is 0 Å². The zero-order valence-electron chi connectivity index (χ0n) is 13.7. The highest BCUT2D eigenvalue weighted by molar-refractivity contribution is 14.1. The van der Waals surface area contributed by atoms with Crippen molar-refractivity contribution < 1.29 is 9.52 Å². The number of fused-ring (bicyclic) bond motifs is 1. The van der Waals surface area contributed by atoms with Crippen LogP contribution in [0.15, 0.2) is 68.5 Å². The van der Waals surface area contributed by atoms with Crippen molar-refractivity contribution in [2.24, 2.45) is 4.99 Å². The number of benzene rings is 3. The lowest BCUT2D eigenvalue weighted by molar-refractivity contribution is 0.470. The highest BCUT2D eigenvalue weighted by Gasteiger charge is 2.09. The van der Waals surface area contributed by atoms with Crippen LogP contribution in [0.3, 0.4) is 0 Å². The standard InChI is InChI=1S/C20H11BrI2N2O2/c21-13-3-1-2-11(6-13)20-25-17-9-15(4-5-18(17)27-20)24-10-12-7-14(22)8-16(23)19(12)26/h1-10,26H. The summed E-state index contributed by atoms with van der Waals surface area (Å²) in [5.41, 5.74) is 3.77. The van der Waals surface area contributed by atoms with Crippen LogP contribution < -0.4 is 0 Å². The van der Waals surface area contributed by atoms with Gasteiger partial charge in [-0.15, -0.1) is 0 Å². The Morgan fingerprint density at radius 3 is 2.74 bits per heavy atom. The van der Waals surface area contributed by atoms with Crippen molar-refractivity contribution in [1.82, 2.24) is 4.98 Å². The molecule has 0 fully saturated rings. The number of halogens is 3. The van der Waals surface area contributed by atoms with E-state index in [1.165, 1.54) is 0 Å². The monoisotopic (exact) mass is 644 g/mol. The number of phenols is 1. The van der Waals surface area contributed by atoms with Gasteiger partial charge in [-0.25, -0.2) is 4.98 Å². The van der Waals surface area contributed by atoms with Gasteiger partial charge in [0.1, 0.15) is 11.3 Å². The van der Waals surface area contributed by atoms with Crippen molar-refractivity contribution in [3.63, 3.8) is 0 Å². The van der Waals surface area contributed by atoms with Gasteiger partial charge in [0.2, 0.25) is 5.89 Å². The molecule has 1 heterocycles. The third-order valence-electron chi connectivity index (χ3n) is 3.85. The van der Waals surface area contributed by atoms with E-state index in [1.807, 2.05) is 54.6 Å². The van der Waals surface area contributed by atoms with Gasteiger partial charge < -0.3 is 9.52 Å². The minimum Gasteiger partial charge on any atom is -0.506 e. The maximum absolute atomic E-state index is 10.2. The minimum atomic E-state index is 0.235. The summed E-state index contributed by atoms with van der Waals surface area (Å²) in [7, 11) is 0. The SMILES string of the molecule is Oc1c(I)cc(I)cc1C=Nc1ccc2oc(-c3cccc(Br)c3)nc2c1. The molecule has 0 unspecified atom stereocenters. The zero-order valence-corrected chi connectivity index (χ0v) is 19.6. The first-order valence-corrected chi connectivity index (χ1v) is 10.8. The Hall–Kier alpha value is -1.46. The smallest absolute Gasteiger partial charge is 0.227 e. The average Bonchev–Trinajstić information content (AvgIpc) is 3.07. The molecule has 0 spiro atoms. The van der Waals surface area contributed by atoms with Crippen LogP contribution in [-0.4, -0.2) is 16.3 Å². The fourth-order valence-corrected chi connectivity index (χ4v) is 4.86. The molecule has 0 saturated heterocycles. The van der Waals surface area contributed by atoms with Crippen LogP contribution in [0.4, 0.5) is 5.69 Å². The number of rotatable bonds is 3. The fraction of sp³-hybridized carbons (Fsp3) is 0. The lowest BCUT2D eigenvalue weighted by atomic mass is 10.2. The van der Waals surface area contributed by atoms with Crippen molar-refractivity contribution in [3.8, 4) is 17.2 Å². The molecule has 27 heavy (non-hydrogen) atoms. The maximum Gasteiger partial charge on any atom is 0.227 e. The third-order valence-corrected chi connectivity index (χ3v) is 5.79. The predicted octanol–water partition coefficient (Wildman–Crippen LogP) is 6.92. The summed E-state index contributed by atoms with van der Waals surface area (Å²) < 4.78 is 8.66. The number of hydrogen-bond acceptors (Lipinski definition) is 4. The molecule has 7 heteroatoms. The molecule has 0 aliphatic carbocycles. The van der Waals surface area contributed by atoms with Crippen molar-refractivity contribution in [2.75, 3.05) is 0 Å². The average molecular weight is 645 g/mol. The zero-order chi connectivity index (χ0) is 19.0. The van der Waals surface area contributed by atoms with E-state index in [1.54, 1.807) is 6.21 Å². The van der Waals surface area contributed by atoms with Gasteiger partial charge in [0.05, 0.1) is 9.26 Å². The van der Waals surface area contributed by atoms with Crippen LogP contribution in [0, 0.1) is 7.14 Å².